The molecule has 2 aromatic heterocycles. The minimum Gasteiger partial charge on any atom is -0.454 e. The van der Waals surface area contributed by atoms with Crippen LogP contribution in [0.15, 0.2) is 54.9 Å². The van der Waals surface area contributed by atoms with Crippen molar-refractivity contribution in [3.63, 3.8) is 0 Å². The molecule has 0 saturated heterocycles. The molecule has 0 radical (unpaired) electrons. The number of rotatable bonds is 4. The van der Waals surface area contributed by atoms with E-state index in [1.54, 1.807) is 35.5 Å². The van der Waals surface area contributed by atoms with Gasteiger partial charge in [-0.1, -0.05) is 35.1 Å². The highest BCUT2D eigenvalue weighted by Crippen LogP contribution is 2.38. The van der Waals surface area contributed by atoms with E-state index in [-0.39, 0.29) is 12.7 Å². The fourth-order valence-electron chi connectivity index (χ4n) is 3.29. The van der Waals surface area contributed by atoms with E-state index in [2.05, 4.69) is 4.98 Å². The van der Waals surface area contributed by atoms with E-state index in [4.69, 9.17) is 26.1 Å². The highest BCUT2D eigenvalue weighted by molar-refractivity contribution is 7.23. The van der Waals surface area contributed by atoms with Gasteiger partial charge < -0.3 is 9.47 Å². The Bertz CT molecular complexity index is 1220. The molecule has 8 heteroatoms. The quantitative estimate of drug-likeness (QED) is 0.437. The molecule has 0 fully saturated rings. The fourth-order valence-corrected chi connectivity index (χ4v) is 4.61. The molecule has 0 spiro atoms. The summed E-state index contributed by atoms with van der Waals surface area (Å²) >= 11 is 7.79. The summed E-state index contributed by atoms with van der Waals surface area (Å²) in [4.78, 5) is 24.1. The first kappa shape index (κ1) is 18.8. The SMILES string of the molecule is Cc1ccc(Cl)c2sc(N(Cc3cccnc3)C(=O)c3ccc4c(c3)OCO4)nc12. The first-order chi connectivity index (χ1) is 14.6. The molecular weight excluding hydrogens is 422 g/mol. The van der Waals surface area contributed by atoms with Crippen LogP contribution in [0.25, 0.3) is 10.2 Å². The molecule has 3 heterocycles. The van der Waals surface area contributed by atoms with Crippen molar-refractivity contribution in [3.8, 4) is 11.5 Å². The Labute approximate surface area is 181 Å². The Balaban J connectivity index is 1.59. The van der Waals surface area contributed by atoms with Crippen molar-refractivity contribution in [3.05, 3.63) is 76.6 Å². The van der Waals surface area contributed by atoms with E-state index in [1.807, 2.05) is 31.2 Å². The molecule has 2 aromatic carbocycles. The van der Waals surface area contributed by atoms with E-state index in [0.717, 1.165) is 21.3 Å². The molecule has 0 bridgehead atoms. The number of nitrogens with zero attached hydrogens (tertiary/aromatic N) is 3. The highest BCUT2D eigenvalue weighted by atomic mass is 35.5. The van der Waals surface area contributed by atoms with Gasteiger partial charge >= 0.3 is 0 Å². The summed E-state index contributed by atoms with van der Waals surface area (Å²) in [7, 11) is 0. The maximum Gasteiger partial charge on any atom is 0.260 e. The Morgan fingerprint density at radius 3 is 2.87 bits per heavy atom. The topological polar surface area (TPSA) is 64.6 Å². The first-order valence-electron chi connectivity index (χ1n) is 9.26. The minimum absolute atomic E-state index is 0.155. The molecule has 6 nitrogen and oxygen atoms in total. The van der Waals surface area contributed by atoms with Crippen LogP contribution in [0.5, 0.6) is 11.5 Å². The zero-order valence-electron chi connectivity index (χ0n) is 16.0. The van der Waals surface area contributed by atoms with Crippen LogP contribution < -0.4 is 14.4 Å². The smallest absolute Gasteiger partial charge is 0.260 e. The van der Waals surface area contributed by atoms with E-state index in [0.29, 0.717) is 33.8 Å². The summed E-state index contributed by atoms with van der Waals surface area (Å²) in [5.41, 5.74) is 3.20. The first-order valence-corrected chi connectivity index (χ1v) is 10.5. The number of fused-ring (bicyclic) bond motifs is 2. The number of halogens is 1. The normalized spacial score (nSPS) is 12.3. The third-order valence-electron chi connectivity index (χ3n) is 4.85. The number of thiazole rings is 1. The van der Waals surface area contributed by atoms with E-state index < -0.39 is 0 Å². The van der Waals surface area contributed by atoms with Gasteiger partial charge in [-0.3, -0.25) is 14.7 Å². The monoisotopic (exact) mass is 437 g/mol. The molecule has 150 valence electrons. The molecule has 1 amide bonds. The average Bonchev–Trinajstić information content (AvgIpc) is 3.42. The number of ether oxygens (including phenoxy) is 2. The lowest BCUT2D eigenvalue weighted by Gasteiger charge is -2.20. The summed E-state index contributed by atoms with van der Waals surface area (Å²) in [6.45, 7) is 2.47. The minimum atomic E-state index is -0.190. The number of benzene rings is 2. The van der Waals surface area contributed by atoms with Gasteiger partial charge in [-0.25, -0.2) is 4.98 Å². The van der Waals surface area contributed by atoms with E-state index >= 15 is 0 Å². The number of aromatic nitrogens is 2. The second-order valence-corrected chi connectivity index (χ2v) is 8.24. The molecule has 1 aliphatic heterocycles. The number of anilines is 1. The Morgan fingerprint density at radius 2 is 2.07 bits per heavy atom. The predicted octanol–water partition coefficient (Wildman–Crippen LogP) is 5.23. The maximum absolute atomic E-state index is 13.5. The summed E-state index contributed by atoms with van der Waals surface area (Å²) in [6.07, 6.45) is 3.44. The van der Waals surface area contributed by atoms with Crippen LogP contribution >= 0.6 is 22.9 Å². The molecule has 5 rings (SSSR count). The van der Waals surface area contributed by atoms with Crippen LogP contribution in [-0.2, 0) is 6.54 Å². The summed E-state index contributed by atoms with van der Waals surface area (Å²) < 4.78 is 11.7. The number of amides is 1. The largest absolute Gasteiger partial charge is 0.454 e. The van der Waals surface area contributed by atoms with Gasteiger partial charge in [0.25, 0.3) is 5.91 Å². The van der Waals surface area contributed by atoms with Crippen LogP contribution in [0.3, 0.4) is 0 Å². The summed E-state index contributed by atoms with van der Waals surface area (Å²) in [5.74, 6) is 1.00. The number of carbonyl (C=O) groups excluding carboxylic acids is 1. The van der Waals surface area contributed by atoms with Crippen molar-refractivity contribution in [1.82, 2.24) is 9.97 Å². The molecule has 4 aromatic rings. The molecule has 0 N–H and O–H groups in total. The molecule has 1 aliphatic rings. The lowest BCUT2D eigenvalue weighted by molar-refractivity contribution is 0.0984. The van der Waals surface area contributed by atoms with Gasteiger partial charge in [-0.15, -0.1) is 0 Å². The fraction of sp³-hybridized carbons (Fsp3) is 0.136. The lowest BCUT2D eigenvalue weighted by atomic mass is 10.1. The summed E-state index contributed by atoms with van der Waals surface area (Å²) in [5, 5.41) is 1.20. The van der Waals surface area contributed by atoms with Crippen molar-refractivity contribution in [2.24, 2.45) is 0 Å². The number of pyridine rings is 1. The summed E-state index contributed by atoms with van der Waals surface area (Å²) in [6, 6.07) is 12.7. The number of aryl methyl sites for hydroxylation is 1. The zero-order chi connectivity index (χ0) is 20.7. The highest BCUT2D eigenvalue weighted by Gasteiger charge is 2.25. The molecular formula is C22H16ClN3O3S. The number of hydrogen-bond acceptors (Lipinski definition) is 6. The third-order valence-corrected chi connectivity index (χ3v) is 6.38. The Morgan fingerprint density at radius 1 is 1.20 bits per heavy atom. The maximum atomic E-state index is 13.5. The van der Waals surface area contributed by atoms with Gasteiger partial charge in [0, 0.05) is 18.0 Å². The zero-order valence-corrected chi connectivity index (χ0v) is 17.5. The second-order valence-electron chi connectivity index (χ2n) is 6.86. The van der Waals surface area contributed by atoms with Gasteiger partial charge in [-0.2, -0.15) is 0 Å². The van der Waals surface area contributed by atoms with Crippen molar-refractivity contribution >= 4 is 44.2 Å². The predicted molar refractivity (Wildman–Crippen MR) is 117 cm³/mol. The van der Waals surface area contributed by atoms with Crippen molar-refractivity contribution in [2.75, 3.05) is 11.7 Å². The standard InChI is InChI=1S/C22H16ClN3O3S/c1-13-4-6-16(23)20-19(13)25-22(30-20)26(11-14-3-2-8-24-10-14)21(27)15-5-7-17-18(9-15)29-12-28-17/h2-10H,11-12H2,1H3. The number of hydrogen-bond donors (Lipinski definition) is 0. The van der Waals surface area contributed by atoms with Crippen LogP contribution in [0.2, 0.25) is 5.02 Å². The van der Waals surface area contributed by atoms with Crippen molar-refractivity contribution in [1.29, 1.82) is 0 Å². The Hall–Kier alpha value is -3.16. The van der Waals surface area contributed by atoms with Crippen LogP contribution in [0, 0.1) is 6.92 Å². The van der Waals surface area contributed by atoms with Gasteiger partial charge in [0.15, 0.2) is 16.6 Å². The van der Waals surface area contributed by atoms with Crippen LogP contribution in [0.1, 0.15) is 21.5 Å². The lowest BCUT2D eigenvalue weighted by Crippen LogP contribution is -2.30. The average molecular weight is 438 g/mol. The second kappa shape index (κ2) is 7.59. The molecule has 0 unspecified atom stereocenters. The number of carbonyl (C=O) groups is 1. The molecule has 30 heavy (non-hydrogen) atoms. The van der Waals surface area contributed by atoms with Crippen molar-refractivity contribution in [2.45, 2.75) is 13.5 Å². The molecule has 0 aliphatic carbocycles. The van der Waals surface area contributed by atoms with Crippen LogP contribution in [0.4, 0.5) is 5.13 Å². The third kappa shape index (κ3) is 3.36. The van der Waals surface area contributed by atoms with Crippen molar-refractivity contribution < 1.29 is 14.3 Å². The molecule has 0 atom stereocenters. The van der Waals surface area contributed by atoms with E-state index in [9.17, 15) is 4.79 Å². The van der Waals surface area contributed by atoms with Crippen LogP contribution in [-0.4, -0.2) is 22.7 Å². The van der Waals surface area contributed by atoms with Gasteiger partial charge in [0.05, 0.1) is 21.8 Å². The Kier molecular flexibility index (Phi) is 4.77. The van der Waals surface area contributed by atoms with Gasteiger partial charge in [-0.05, 0) is 48.4 Å². The van der Waals surface area contributed by atoms with Gasteiger partial charge in [0.2, 0.25) is 6.79 Å². The van der Waals surface area contributed by atoms with Gasteiger partial charge in [0.1, 0.15) is 0 Å². The van der Waals surface area contributed by atoms with E-state index in [1.165, 1.54) is 11.3 Å². The molecule has 0 saturated carbocycles.